The summed E-state index contributed by atoms with van der Waals surface area (Å²) in [6.07, 6.45) is 1.63. The predicted octanol–water partition coefficient (Wildman–Crippen LogP) is 5.97. The van der Waals surface area contributed by atoms with Crippen LogP contribution in [0, 0.1) is 5.82 Å². The Balaban J connectivity index is 1.60. The van der Waals surface area contributed by atoms with Crippen molar-refractivity contribution in [1.29, 1.82) is 0 Å². The Kier molecular flexibility index (Phi) is 6.31. The predicted molar refractivity (Wildman–Crippen MR) is 123 cm³/mol. The molecule has 0 unspecified atom stereocenters. The van der Waals surface area contributed by atoms with E-state index < -0.39 is 0 Å². The Hall–Kier alpha value is -3.93. The molecular formula is C26H24FN3O2. The van der Waals surface area contributed by atoms with Gasteiger partial charge in [-0.2, -0.15) is 5.10 Å². The average Bonchev–Trinajstić information content (AvgIpc) is 3.24. The van der Waals surface area contributed by atoms with Crippen molar-refractivity contribution in [3.8, 4) is 11.4 Å². The van der Waals surface area contributed by atoms with Crippen molar-refractivity contribution < 1.29 is 13.9 Å². The van der Waals surface area contributed by atoms with Gasteiger partial charge in [0.2, 0.25) is 0 Å². The monoisotopic (exact) mass is 429 g/mol. The van der Waals surface area contributed by atoms with E-state index in [4.69, 9.17) is 4.74 Å². The first-order valence-corrected chi connectivity index (χ1v) is 10.4. The van der Waals surface area contributed by atoms with Gasteiger partial charge in [0.25, 0.3) is 5.91 Å². The van der Waals surface area contributed by atoms with Crippen molar-refractivity contribution in [3.05, 3.63) is 108 Å². The van der Waals surface area contributed by atoms with Crippen LogP contribution in [0.15, 0.2) is 85.1 Å². The molecule has 3 aromatic carbocycles. The van der Waals surface area contributed by atoms with Crippen LogP contribution in [0.5, 0.6) is 5.75 Å². The lowest BCUT2D eigenvalue weighted by Crippen LogP contribution is -2.14. The second-order valence-electron chi connectivity index (χ2n) is 7.77. The molecule has 0 saturated carbocycles. The number of rotatable bonds is 7. The number of hydrogen-bond acceptors (Lipinski definition) is 3. The van der Waals surface area contributed by atoms with Gasteiger partial charge in [0.1, 0.15) is 12.4 Å². The standard InChI is InChI=1S/C26H24FN3O2/c1-18(2)20-8-12-22(13-9-20)28-26(31)25-24(32-17-19-6-4-3-5-7-19)16-30(29-25)23-14-10-21(27)11-15-23/h3-16,18H,17H2,1-2H3,(H,28,31). The minimum atomic E-state index is -0.383. The fourth-order valence-electron chi connectivity index (χ4n) is 3.22. The highest BCUT2D eigenvalue weighted by Crippen LogP contribution is 2.24. The Morgan fingerprint density at radius 2 is 1.69 bits per heavy atom. The Labute approximate surface area is 186 Å². The lowest BCUT2D eigenvalue weighted by Gasteiger charge is -2.09. The van der Waals surface area contributed by atoms with Crippen molar-refractivity contribution in [2.24, 2.45) is 0 Å². The van der Waals surface area contributed by atoms with Gasteiger partial charge in [-0.15, -0.1) is 0 Å². The van der Waals surface area contributed by atoms with Crippen molar-refractivity contribution in [2.75, 3.05) is 5.32 Å². The van der Waals surface area contributed by atoms with Crippen LogP contribution in [0.1, 0.15) is 41.4 Å². The number of nitrogens with one attached hydrogen (secondary N) is 1. The molecular weight excluding hydrogens is 405 g/mol. The lowest BCUT2D eigenvalue weighted by molar-refractivity contribution is 0.101. The fourth-order valence-corrected chi connectivity index (χ4v) is 3.22. The van der Waals surface area contributed by atoms with Gasteiger partial charge in [0.05, 0.1) is 11.9 Å². The zero-order chi connectivity index (χ0) is 22.5. The molecule has 4 rings (SSSR count). The molecule has 0 spiro atoms. The number of amides is 1. The van der Waals surface area contributed by atoms with Crippen LogP contribution in [0.2, 0.25) is 0 Å². The Bertz CT molecular complexity index is 1180. The van der Waals surface area contributed by atoms with E-state index in [-0.39, 0.29) is 17.4 Å². The number of carbonyl (C=O) groups is 1. The van der Waals surface area contributed by atoms with E-state index in [1.807, 2.05) is 54.6 Å². The van der Waals surface area contributed by atoms with Gasteiger partial charge < -0.3 is 10.1 Å². The fraction of sp³-hybridized carbons (Fsp3) is 0.154. The summed E-state index contributed by atoms with van der Waals surface area (Å²) in [7, 11) is 0. The normalized spacial score (nSPS) is 10.9. The van der Waals surface area contributed by atoms with E-state index in [9.17, 15) is 9.18 Å². The van der Waals surface area contributed by atoms with Crippen LogP contribution in [0.25, 0.3) is 5.69 Å². The number of carbonyl (C=O) groups excluding carboxylic acids is 1. The Morgan fingerprint density at radius 1 is 1.00 bits per heavy atom. The molecule has 0 aliphatic heterocycles. The topological polar surface area (TPSA) is 56.2 Å². The highest BCUT2D eigenvalue weighted by atomic mass is 19.1. The third kappa shape index (κ3) is 5.03. The summed E-state index contributed by atoms with van der Waals surface area (Å²) in [4.78, 5) is 13.0. The lowest BCUT2D eigenvalue weighted by atomic mass is 10.0. The maximum absolute atomic E-state index is 13.3. The van der Waals surface area contributed by atoms with Crippen LogP contribution in [0.4, 0.5) is 10.1 Å². The molecule has 4 aromatic rings. The minimum absolute atomic E-state index is 0.151. The first kappa shape index (κ1) is 21.3. The third-order valence-corrected chi connectivity index (χ3v) is 5.06. The van der Waals surface area contributed by atoms with E-state index in [2.05, 4.69) is 24.3 Å². The van der Waals surface area contributed by atoms with Gasteiger partial charge in [-0.1, -0.05) is 56.3 Å². The zero-order valence-electron chi connectivity index (χ0n) is 18.0. The number of anilines is 1. The van der Waals surface area contributed by atoms with E-state index in [1.165, 1.54) is 22.4 Å². The van der Waals surface area contributed by atoms with Crippen LogP contribution < -0.4 is 10.1 Å². The molecule has 1 amide bonds. The molecule has 1 heterocycles. The molecule has 32 heavy (non-hydrogen) atoms. The number of halogens is 1. The van der Waals surface area contributed by atoms with Crippen molar-refractivity contribution in [3.63, 3.8) is 0 Å². The van der Waals surface area contributed by atoms with Crippen molar-refractivity contribution >= 4 is 11.6 Å². The summed E-state index contributed by atoms with van der Waals surface area (Å²) >= 11 is 0. The molecule has 5 nitrogen and oxygen atoms in total. The smallest absolute Gasteiger partial charge is 0.280 e. The minimum Gasteiger partial charge on any atom is -0.485 e. The molecule has 0 fully saturated rings. The summed E-state index contributed by atoms with van der Waals surface area (Å²) in [6, 6.07) is 23.3. The first-order chi connectivity index (χ1) is 15.5. The number of nitrogens with zero attached hydrogens (tertiary/aromatic N) is 2. The molecule has 0 aliphatic carbocycles. The zero-order valence-corrected chi connectivity index (χ0v) is 18.0. The van der Waals surface area contributed by atoms with E-state index in [0.717, 1.165) is 5.56 Å². The average molecular weight is 429 g/mol. The maximum atomic E-state index is 13.3. The molecule has 1 aromatic heterocycles. The van der Waals surface area contributed by atoms with Crippen LogP contribution in [-0.2, 0) is 6.61 Å². The molecule has 0 saturated heterocycles. The van der Waals surface area contributed by atoms with Gasteiger partial charge in [0.15, 0.2) is 11.4 Å². The van der Waals surface area contributed by atoms with Gasteiger partial charge in [0, 0.05) is 5.69 Å². The van der Waals surface area contributed by atoms with Crippen molar-refractivity contribution in [2.45, 2.75) is 26.4 Å². The highest BCUT2D eigenvalue weighted by Gasteiger charge is 2.20. The first-order valence-electron chi connectivity index (χ1n) is 10.4. The number of benzene rings is 3. The molecule has 1 N–H and O–H groups in total. The second kappa shape index (κ2) is 9.47. The molecule has 0 radical (unpaired) electrons. The highest BCUT2D eigenvalue weighted by molar-refractivity contribution is 6.04. The quantitative estimate of drug-likeness (QED) is 0.394. The molecule has 6 heteroatoms. The van der Waals surface area contributed by atoms with E-state index in [0.29, 0.717) is 29.6 Å². The van der Waals surface area contributed by atoms with Gasteiger partial charge in [-0.3, -0.25) is 4.79 Å². The Morgan fingerprint density at radius 3 is 2.34 bits per heavy atom. The third-order valence-electron chi connectivity index (χ3n) is 5.06. The summed E-state index contributed by atoms with van der Waals surface area (Å²) in [5.41, 5.74) is 3.60. The van der Waals surface area contributed by atoms with Gasteiger partial charge >= 0.3 is 0 Å². The van der Waals surface area contributed by atoms with E-state index >= 15 is 0 Å². The number of aromatic nitrogens is 2. The summed E-state index contributed by atoms with van der Waals surface area (Å²) in [6.45, 7) is 4.53. The van der Waals surface area contributed by atoms with Crippen LogP contribution in [0.3, 0.4) is 0 Å². The van der Waals surface area contributed by atoms with Gasteiger partial charge in [-0.25, -0.2) is 9.07 Å². The SMILES string of the molecule is CC(C)c1ccc(NC(=O)c2nn(-c3ccc(F)cc3)cc2OCc2ccccc2)cc1. The van der Waals surface area contributed by atoms with Crippen LogP contribution >= 0.6 is 0 Å². The maximum Gasteiger partial charge on any atom is 0.280 e. The summed E-state index contributed by atoms with van der Waals surface area (Å²) in [5, 5.41) is 7.30. The second-order valence-corrected chi connectivity index (χ2v) is 7.77. The number of hydrogen-bond donors (Lipinski definition) is 1. The van der Waals surface area contributed by atoms with E-state index in [1.54, 1.807) is 18.3 Å². The molecule has 162 valence electrons. The van der Waals surface area contributed by atoms with Gasteiger partial charge in [-0.05, 0) is 53.4 Å². The molecule has 0 atom stereocenters. The number of ether oxygens (including phenoxy) is 1. The molecule has 0 bridgehead atoms. The van der Waals surface area contributed by atoms with Crippen molar-refractivity contribution in [1.82, 2.24) is 9.78 Å². The van der Waals surface area contributed by atoms with Crippen LogP contribution in [-0.4, -0.2) is 15.7 Å². The summed E-state index contributed by atoms with van der Waals surface area (Å²) in [5.74, 6) is 0.0223. The molecule has 0 aliphatic rings. The summed E-state index contributed by atoms with van der Waals surface area (Å²) < 4.78 is 20.8. The largest absolute Gasteiger partial charge is 0.485 e.